The molecule has 3 unspecified atom stereocenters. The molecule has 1 aromatic rings. The van der Waals surface area contributed by atoms with Gasteiger partial charge in [0.25, 0.3) is 0 Å². The zero-order valence-electron chi connectivity index (χ0n) is 13.2. The molecule has 0 amide bonds. The average molecular weight is 292 g/mol. The van der Waals surface area contributed by atoms with Crippen molar-refractivity contribution in [2.24, 2.45) is 5.73 Å². The smallest absolute Gasteiger partial charge is 0.0820 e. The highest BCUT2D eigenvalue weighted by Gasteiger charge is 2.32. The van der Waals surface area contributed by atoms with Gasteiger partial charge in [-0.3, -0.25) is 4.90 Å². The van der Waals surface area contributed by atoms with Gasteiger partial charge in [-0.15, -0.1) is 0 Å². The van der Waals surface area contributed by atoms with Gasteiger partial charge in [-0.05, 0) is 38.3 Å². The number of hydrogen-bond acceptors (Lipinski definition) is 4. The second-order valence-corrected chi connectivity index (χ2v) is 6.41. The molecule has 1 aliphatic rings. The van der Waals surface area contributed by atoms with Crippen molar-refractivity contribution in [2.45, 2.75) is 43.9 Å². The van der Waals surface area contributed by atoms with Crippen LogP contribution in [-0.2, 0) is 11.2 Å². The fraction of sp³-hybridized carbons (Fsp3) is 0.647. The Morgan fingerprint density at radius 3 is 2.76 bits per heavy atom. The maximum Gasteiger partial charge on any atom is 0.0820 e. The first-order chi connectivity index (χ1) is 10.0. The minimum Gasteiger partial charge on any atom is -0.390 e. The van der Waals surface area contributed by atoms with Crippen LogP contribution < -0.4 is 5.73 Å². The number of nitrogens with two attached hydrogens (primary N) is 1. The number of methoxy groups -OCH3 is 1. The fourth-order valence-corrected chi connectivity index (χ4v) is 3.05. The van der Waals surface area contributed by atoms with Crippen molar-refractivity contribution in [3.8, 4) is 0 Å². The third-order valence-corrected chi connectivity index (χ3v) is 4.48. The molecule has 1 aliphatic heterocycles. The van der Waals surface area contributed by atoms with Crippen LogP contribution in [0.5, 0.6) is 0 Å². The molecule has 1 aromatic carbocycles. The van der Waals surface area contributed by atoms with Crippen LogP contribution >= 0.6 is 0 Å². The summed E-state index contributed by atoms with van der Waals surface area (Å²) in [5.41, 5.74) is 7.23. The minimum atomic E-state index is -0.510. The maximum absolute atomic E-state index is 10.4. The van der Waals surface area contributed by atoms with E-state index < -0.39 is 6.10 Å². The van der Waals surface area contributed by atoms with Gasteiger partial charge in [0.2, 0.25) is 0 Å². The second-order valence-electron chi connectivity index (χ2n) is 6.41. The van der Waals surface area contributed by atoms with Gasteiger partial charge in [-0.1, -0.05) is 30.3 Å². The number of likely N-dealkylation sites (tertiary alicyclic amines) is 1. The molecule has 1 fully saturated rings. The van der Waals surface area contributed by atoms with Crippen LogP contribution in [0.15, 0.2) is 30.3 Å². The summed E-state index contributed by atoms with van der Waals surface area (Å²) in [7, 11) is 1.76. The van der Waals surface area contributed by atoms with E-state index in [2.05, 4.69) is 24.0 Å². The summed E-state index contributed by atoms with van der Waals surface area (Å²) in [4.78, 5) is 2.27. The number of benzene rings is 1. The Balaban J connectivity index is 1.84. The molecule has 118 valence electrons. The van der Waals surface area contributed by atoms with E-state index in [0.29, 0.717) is 13.0 Å². The monoisotopic (exact) mass is 292 g/mol. The Hall–Kier alpha value is -0.940. The summed E-state index contributed by atoms with van der Waals surface area (Å²) >= 11 is 0. The highest BCUT2D eigenvalue weighted by molar-refractivity contribution is 5.16. The first-order valence-electron chi connectivity index (χ1n) is 7.77. The summed E-state index contributed by atoms with van der Waals surface area (Å²) in [5, 5.41) is 10.4. The van der Waals surface area contributed by atoms with E-state index in [4.69, 9.17) is 10.5 Å². The topological polar surface area (TPSA) is 58.7 Å². The number of piperidine rings is 1. The number of β-amino-alcohol motifs (C(OH)–C–C–N with tert-alkyl or cyclic N) is 1. The van der Waals surface area contributed by atoms with E-state index in [-0.39, 0.29) is 11.6 Å². The van der Waals surface area contributed by atoms with Crippen LogP contribution in [0.3, 0.4) is 0 Å². The molecule has 0 bridgehead atoms. The molecular weight excluding hydrogens is 264 g/mol. The molecule has 0 aromatic heterocycles. The van der Waals surface area contributed by atoms with Crippen LogP contribution in [0.1, 0.15) is 25.3 Å². The standard InChI is InChI=1S/C17H28N2O2/c1-17(21-2)9-6-10-19(13-17)12-16(20)15(18)11-14-7-4-3-5-8-14/h3-5,7-8,15-16,20H,6,9-13,18H2,1-2H3. The number of ether oxygens (including phenoxy) is 1. The Labute approximate surface area is 127 Å². The summed E-state index contributed by atoms with van der Waals surface area (Å²) in [5.74, 6) is 0. The zero-order valence-corrected chi connectivity index (χ0v) is 13.2. The maximum atomic E-state index is 10.4. The molecular formula is C17H28N2O2. The van der Waals surface area contributed by atoms with E-state index in [1.807, 2.05) is 18.2 Å². The van der Waals surface area contributed by atoms with Gasteiger partial charge in [0.15, 0.2) is 0 Å². The van der Waals surface area contributed by atoms with Crippen molar-refractivity contribution in [1.82, 2.24) is 4.90 Å². The second kappa shape index (κ2) is 7.36. The summed E-state index contributed by atoms with van der Waals surface area (Å²) < 4.78 is 5.59. The van der Waals surface area contributed by atoms with Crippen LogP contribution in [-0.4, -0.2) is 54.5 Å². The quantitative estimate of drug-likeness (QED) is 0.832. The van der Waals surface area contributed by atoms with Gasteiger partial charge in [0, 0.05) is 26.2 Å². The fourth-order valence-electron chi connectivity index (χ4n) is 3.05. The molecule has 3 N–H and O–H groups in total. The van der Waals surface area contributed by atoms with Crippen LogP contribution in [0.25, 0.3) is 0 Å². The number of aliphatic hydroxyl groups is 1. The van der Waals surface area contributed by atoms with Gasteiger partial charge >= 0.3 is 0 Å². The number of rotatable bonds is 6. The highest BCUT2D eigenvalue weighted by atomic mass is 16.5. The van der Waals surface area contributed by atoms with E-state index in [0.717, 1.165) is 25.9 Å². The van der Waals surface area contributed by atoms with Gasteiger partial charge in [-0.25, -0.2) is 0 Å². The van der Waals surface area contributed by atoms with Gasteiger partial charge in [0.05, 0.1) is 11.7 Å². The van der Waals surface area contributed by atoms with Gasteiger partial charge < -0.3 is 15.6 Å². The number of nitrogens with zero attached hydrogens (tertiary/aromatic N) is 1. The lowest BCUT2D eigenvalue weighted by molar-refractivity contribution is -0.0598. The predicted octanol–water partition coefficient (Wildman–Crippen LogP) is 1.42. The van der Waals surface area contributed by atoms with Crippen molar-refractivity contribution in [3.05, 3.63) is 35.9 Å². The molecule has 21 heavy (non-hydrogen) atoms. The lowest BCUT2D eigenvalue weighted by atomic mass is 9.94. The highest BCUT2D eigenvalue weighted by Crippen LogP contribution is 2.24. The lowest BCUT2D eigenvalue weighted by Gasteiger charge is -2.40. The summed E-state index contributed by atoms with van der Waals surface area (Å²) in [6.07, 6.45) is 2.37. The third kappa shape index (κ3) is 4.78. The van der Waals surface area contributed by atoms with Crippen molar-refractivity contribution in [2.75, 3.05) is 26.7 Å². The number of aliphatic hydroxyl groups excluding tert-OH is 1. The SMILES string of the molecule is COC1(C)CCCN(CC(O)C(N)Cc2ccccc2)C1. The van der Waals surface area contributed by atoms with Gasteiger partial charge in [-0.2, -0.15) is 0 Å². The first-order valence-corrected chi connectivity index (χ1v) is 7.77. The molecule has 0 aliphatic carbocycles. The summed E-state index contributed by atoms with van der Waals surface area (Å²) in [6, 6.07) is 9.87. The van der Waals surface area contributed by atoms with E-state index >= 15 is 0 Å². The van der Waals surface area contributed by atoms with E-state index in [9.17, 15) is 5.11 Å². The predicted molar refractivity (Wildman–Crippen MR) is 85.2 cm³/mol. The molecule has 1 saturated heterocycles. The molecule has 1 heterocycles. The van der Waals surface area contributed by atoms with E-state index in [1.54, 1.807) is 7.11 Å². The average Bonchev–Trinajstić information content (AvgIpc) is 2.48. The Kier molecular flexibility index (Phi) is 5.76. The van der Waals surface area contributed by atoms with Crippen molar-refractivity contribution in [1.29, 1.82) is 0 Å². The Morgan fingerprint density at radius 2 is 2.10 bits per heavy atom. The van der Waals surface area contributed by atoms with Crippen LogP contribution in [0, 0.1) is 0 Å². The van der Waals surface area contributed by atoms with Crippen molar-refractivity contribution >= 4 is 0 Å². The molecule has 0 saturated carbocycles. The van der Waals surface area contributed by atoms with Gasteiger partial charge in [0.1, 0.15) is 0 Å². The third-order valence-electron chi connectivity index (χ3n) is 4.48. The van der Waals surface area contributed by atoms with Crippen molar-refractivity contribution < 1.29 is 9.84 Å². The number of hydrogen-bond donors (Lipinski definition) is 2. The molecule has 3 atom stereocenters. The van der Waals surface area contributed by atoms with Crippen LogP contribution in [0.4, 0.5) is 0 Å². The molecule has 0 radical (unpaired) electrons. The van der Waals surface area contributed by atoms with Crippen LogP contribution in [0.2, 0.25) is 0 Å². The molecule has 0 spiro atoms. The molecule has 4 nitrogen and oxygen atoms in total. The molecule has 2 rings (SSSR count). The summed E-state index contributed by atoms with van der Waals surface area (Å²) in [6.45, 7) is 4.62. The molecule has 4 heteroatoms. The lowest BCUT2D eigenvalue weighted by Crippen LogP contribution is -2.52. The first kappa shape index (κ1) is 16.4. The van der Waals surface area contributed by atoms with Crippen molar-refractivity contribution in [3.63, 3.8) is 0 Å². The Morgan fingerprint density at radius 1 is 1.38 bits per heavy atom. The zero-order chi connectivity index (χ0) is 15.3. The minimum absolute atomic E-state index is 0.0957. The Bertz CT molecular complexity index is 426. The largest absolute Gasteiger partial charge is 0.390 e. The normalized spacial score (nSPS) is 26.5. The van der Waals surface area contributed by atoms with E-state index in [1.165, 1.54) is 5.56 Å².